The molecule has 3 aromatic carbocycles. The lowest BCUT2D eigenvalue weighted by Crippen LogP contribution is -2.54. The van der Waals surface area contributed by atoms with Gasteiger partial charge in [-0.05, 0) is 80.1 Å². The van der Waals surface area contributed by atoms with Gasteiger partial charge in [-0.2, -0.15) is 0 Å². The number of unbranched alkanes of at least 4 members (excludes halogenated alkanes) is 8. The smallest absolute Gasteiger partial charge is 0.462 e. The van der Waals surface area contributed by atoms with Gasteiger partial charge in [-0.1, -0.05) is 109 Å². The van der Waals surface area contributed by atoms with Crippen molar-refractivity contribution in [2.24, 2.45) is 0 Å². The Balaban J connectivity index is 0.821. The van der Waals surface area contributed by atoms with E-state index in [1.807, 2.05) is 49.4 Å². The van der Waals surface area contributed by atoms with Crippen LogP contribution < -0.4 is 4.74 Å². The fraction of sp³-hybridized carbons (Fsp3) is 0.543. The minimum Gasteiger partial charge on any atom is -0.462 e. The average molecular weight is 849 g/mol. The van der Waals surface area contributed by atoms with E-state index in [-0.39, 0.29) is 43.1 Å². The van der Waals surface area contributed by atoms with Crippen LogP contribution in [0.1, 0.15) is 125 Å². The third-order valence-corrected chi connectivity index (χ3v) is 13.7. The molecule has 320 valence electrons. The van der Waals surface area contributed by atoms with Crippen molar-refractivity contribution in [3.05, 3.63) is 99.1 Å². The minimum atomic E-state index is -0.889. The number of ketones is 1. The molecule has 1 N–H and O–H groups in total. The largest absolute Gasteiger partial charge is 0.514 e. The molecule has 0 radical (unpaired) electrons. The summed E-state index contributed by atoms with van der Waals surface area (Å²) in [6, 6.07) is 19.7. The first-order valence-electron chi connectivity index (χ1n) is 21.3. The number of carbonyl (C=O) groups excluding carboxylic acids is 3. The number of non-ortho nitro benzene ring substituents is 1. The number of hydrogen-bond donors (Lipinski definition) is 1. The van der Waals surface area contributed by atoms with Gasteiger partial charge < -0.3 is 19.3 Å². The predicted octanol–water partition coefficient (Wildman–Crippen LogP) is 10.9. The molecule has 0 aromatic heterocycles. The monoisotopic (exact) mass is 848 g/mol. The van der Waals surface area contributed by atoms with Crippen LogP contribution in [0.3, 0.4) is 0 Å². The Bertz CT molecular complexity index is 1780. The molecule has 5 rings (SSSR count). The predicted molar refractivity (Wildman–Crippen MR) is 233 cm³/mol. The molecule has 0 amide bonds. The van der Waals surface area contributed by atoms with E-state index in [0.29, 0.717) is 30.7 Å². The standard InChI is InChI=1S/C46H60N2O9S2/c1-34-15-18-36(32-49)37(28-34)29-45(51)56-43-30-39-12-11-13-40(31-43)47(39)26-10-8-6-4-2-3-5-7-9-14-41(50)25-27-58-59-44-23-16-35(17-24-44)33-55-46(52)57-42-21-19-38(20-22-42)48(53)54/h15-24,28,39-40,43,49H,2-14,25-27,29-33H2,1H3. The van der Waals surface area contributed by atoms with Crippen molar-refractivity contribution in [3.63, 3.8) is 0 Å². The zero-order valence-corrected chi connectivity index (χ0v) is 36.0. The van der Waals surface area contributed by atoms with Crippen LogP contribution in [0.5, 0.6) is 5.75 Å². The summed E-state index contributed by atoms with van der Waals surface area (Å²) in [5.41, 5.74) is 3.45. The summed E-state index contributed by atoms with van der Waals surface area (Å²) in [5, 5.41) is 20.4. The Labute approximate surface area is 356 Å². The van der Waals surface area contributed by atoms with Crippen molar-refractivity contribution in [2.45, 2.75) is 152 Å². The number of fused-ring (bicyclic) bond motifs is 2. The summed E-state index contributed by atoms with van der Waals surface area (Å²) >= 11 is 0. The lowest BCUT2D eigenvalue weighted by molar-refractivity contribution is -0.384. The van der Waals surface area contributed by atoms with Gasteiger partial charge in [-0.3, -0.25) is 24.6 Å². The molecule has 0 saturated carbocycles. The zero-order valence-electron chi connectivity index (χ0n) is 34.4. The van der Waals surface area contributed by atoms with Gasteiger partial charge in [-0.15, -0.1) is 0 Å². The average Bonchev–Trinajstić information content (AvgIpc) is 3.21. The molecule has 3 aromatic rings. The van der Waals surface area contributed by atoms with Crippen LogP contribution in [0.4, 0.5) is 10.5 Å². The molecule has 2 bridgehead atoms. The summed E-state index contributed by atoms with van der Waals surface area (Å²) in [4.78, 5) is 51.2. The number of carbonyl (C=O) groups is 3. The summed E-state index contributed by atoms with van der Waals surface area (Å²) in [6.07, 6.45) is 16.9. The minimum absolute atomic E-state index is 0.00644. The second kappa shape index (κ2) is 25.0. The van der Waals surface area contributed by atoms with Crippen LogP contribution in [0.2, 0.25) is 0 Å². The number of aryl methyl sites for hydroxylation is 1. The Morgan fingerprint density at radius 1 is 0.831 bits per heavy atom. The number of aliphatic hydroxyl groups is 1. The summed E-state index contributed by atoms with van der Waals surface area (Å²) in [6.45, 7) is 3.11. The topological polar surface area (TPSA) is 146 Å². The SMILES string of the molecule is Cc1ccc(CO)c(CC(=O)OC2CC3CCCC(C2)N3CCCCCCCCCCCC(=O)CCSSc2ccc(COC(=O)Oc3ccc([N+](=O)[O-])cc3)cc2)c1. The number of nitro groups is 1. The van der Waals surface area contributed by atoms with E-state index in [4.69, 9.17) is 14.2 Å². The number of nitrogens with zero attached hydrogens (tertiary/aromatic N) is 2. The van der Waals surface area contributed by atoms with Crippen LogP contribution in [0.15, 0.2) is 71.6 Å². The van der Waals surface area contributed by atoms with E-state index in [2.05, 4.69) is 4.90 Å². The third kappa shape index (κ3) is 16.2. The van der Waals surface area contributed by atoms with Gasteiger partial charge in [-0.25, -0.2) is 4.79 Å². The summed E-state index contributed by atoms with van der Waals surface area (Å²) < 4.78 is 16.2. The van der Waals surface area contributed by atoms with Gasteiger partial charge in [0.05, 0.1) is 18.0 Å². The molecule has 13 heteroatoms. The van der Waals surface area contributed by atoms with Gasteiger partial charge in [0.15, 0.2) is 0 Å². The highest BCUT2D eigenvalue weighted by Crippen LogP contribution is 2.36. The number of ether oxygens (including phenoxy) is 3. The Morgan fingerprint density at radius 2 is 1.49 bits per heavy atom. The van der Waals surface area contributed by atoms with E-state index in [0.717, 1.165) is 65.1 Å². The van der Waals surface area contributed by atoms with Crippen molar-refractivity contribution in [1.29, 1.82) is 0 Å². The summed E-state index contributed by atoms with van der Waals surface area (Å²) in [5.74, 6) is 1.07. The maximum Gasteiger partial charge on any atom is 0.514 e. The van der Waals surface area contributed by atoms with Crippen LogP contribution in [-0.4, -0.2) is 63.3 Å². The maximum absolute atomic E-state index is 12.9. The molecule has 2 saturated heterocycles. The zero-order chi connectivity index (χ0) is 41.8. The number of piperidine rings is 2. The fourth-order valence-electron chi connectivity index (χ4n) is 8.14. The Hall–Kier alpha value is -3.91. The van der Waals surface area contributed by atoms with Crippen molar-refractivity contribution >= 4 is 45.2 Å². The van der Waals surface area contributed by atoms with Crippen molar-refractivity contribution in [1.82, 2.24) is 4.90 Å². The molecule has 59 heavy (non-hydrogen) atoms. The number of aliphatic hydroxyl groups excluding tert-OH is 1. The second-order valence-corrected chi connectivity index (χ2v) is 18.3. The first-order chi connectivity index (χ1) is 28.7. The number of benzene rings is 3. The molecule has 2 aliphatic heterocycles. The van der Waals surface area contributed by atoms with Crippen molar-refractivity contribution in [2.75, 3.05) is 12.3 Å². The molecular formula is C46H60N2O9S2. The normalized spacial score (nSPS) is 17.6. The van der Waals surface area contributed by atoms with Crippen molar-refractivity contribution in [3.8, 4) is 5.75 Å². The quantitative estimate of drug-likeness (QED) is 0.0216. The molecule has 2 unspecified atom stereocenters. The first kappa shape index (κ1) is 46.2. The van der Waals surface area contributed by atoms with E-state index in [1.165, 1.54) is 88.5 Å². The van der Waals surface area contributed by atoms with Gasteiger partial charge in [0.2, 0.25) is 0 Å². The number of rotatable bonds is 25. The lowest BCUT2D eigenvalue weighted by atomic mass is 9.82. The molecular weight excluding hydrogens is 789 g/mol. The molecule has 2 heterocycles. The number of hydrogen-bond acceptors (Lipinski definition) is 12. The highest BCUT2D eigenvalue weighted by molar-refractivity contribution is 8.76. The van der Waals surface area contributed by atoms with Crippen LogP contribution in [0, 0.1) is 17.0 Å². The number of Topliss-reactive ketones (excluding diaryl/α,β-unsaturated/α-hetero) is 1. The van der Waals surface area contributed by atoms with E-state index >= 15 is 0 Å². The Morgan fingerprint density at radius 3 is 2.15 bits per heavy atom. The molecule has 2 fully saturated rings. The molecule has 0 spiro atoms. The van der Waals surface area contributed by atoms with Crippen LogP contribution in [-0.2, 0) is 38.7 Å². The Kier molecular flexibility index (Phi) is 19.6. The van der Waals surface area contributed by atoms with Gasteiger partial charge >= 0.3 is 12.1 Å². The number of esters is 1. The summed E-state index contributed by atoms with van der Waals surface area (Å²) in [7, 11) is 3.28. The van der Waals surface area contributed by atoms with Gasteiger partial charge in [0.25, 0.3) is 5.69 Å². The van der Waals surface area contributed by atoms with Gasteiger partial charge in [0, 0.05) is 60.5 Å². The van der Waals surface area contributed by atoms with Crippen LogP contribution in [0.25, 0.3) is 0 Å². The van der Waals surface area contributed by atoms with E-state index in [9.17, 15) is 29.6 Å². The highest BCUT2D eigenvalue weighted by atomic mass is 33.1. The third-order valence-electron chi connectivity index (χ3n) is 11.3. The lowest BCUT2D eigenvalue weighted by Gasteiger charge is -2.48. The number of nitro benzene ring substituents is 1. The fourth-order valence-corrected chi connectivity index (χ4v) is 10.2. The molecule has 0 aliphatic carbocycles. The molecule has 2 aliphatic rings. The van der Waals surface area contributed by atoms with E-state index < -0.39 is 11.1 Å². The highest BCUT2D eigenvalue weighted by Gasteiger charge is 2.39. The van der Waals surface area contributed by atoms with Crippen LogP contribution >= 0.6 is 21.6 Å². The van der Waals surface area contributed by atoms with E-state index in [1.54, 1.807) is 21.6 Å². The molecule has 2 atom stereocenters. The first-order valence-corrected chi connectivity index (χ1v) is 23.6. The second-order valence-electron chi connectivity index (χ2n) is 15.8. The van der Waals surface area contributed by atoms with Gasteiger partial charge in [0.1, 0.15) is 24.2 Å². The maximum atomic E-state index is 12.9. The molecule has 11 nitrogen and oxygen atoms in total. The van der Waals surface area contributed by atoms with Crippen molar-refractivity contribution < 1.29 is 38.6 Å².